The van der Waals surface area contributed by atoms with Crippen LogP contribution < -0.4 is 0 Å². The number of nitriles is 1. The molecular formula is C11H6ClNO2S. The van der Waals surface area contributed by atoms with E-state index in [0.29, 0.717) is 16.3 Å². The van der Waals surface area contributed by atoms with Crippen LogP contribution >= 0.6 is 10.7 Å². The second-order valence-electron chi connectivity index (χ2n) is 3.21. The van der Waals surface area contributed by atoms with Crippen molar-refractivity contribution in [2.24, 2.45) is 0 Å². The van der Waals surface area contributed by atoms with Gasteiger partial charge in [-0.2, -0.15) is 5.26 Å². The molecule has 0 N–H and O–H groups in total. The summed E-state index contributed by atoms with van der Waals surface area (Å²) in [7, 11) is 1.53. The fraction of sp³-hybridized carbons (Fsp3) is 0. The maximum atomic E-state index is 11.3. The predicted molar refractivity (Wildman–Crippen MR) is 61.7 cm³/mol. The van der Waals surface area contributed by atoms with Crippen molar-refractivity contribution < 1.29 is 8.42 Å². The molecule has 0 spiro atoms. The summed E-state index contributed by atoms with van der Waals surface area (Å²) < 4.78 is 22.7. The van der Waals surface area contributed by atoms with E-state index < -0.39 is 9.05 Å². The zero-order valence-corrected chi connectivity index (χ0v) is 9.59. The Morgan fingerprint density at radius 1 is 1.06 bits per heavy atom. The second-order valence-corrected chi connectivity index (χ2v) is 5.74. The molecule has 0 atom stereocenters. The molecule has 16 heavy (non-hydrogen) atoms. The summed E-state index contributed by atoms with van der Waals surface area (Å²) in [5, 5.41) is 9.96. The summed E-state index contributed by atoms with van der Waals surface area (Å²) in [6.45, 7) is 0. The van der Waals surface area contributed by atoms with Gasteiger partial charge in [-0.05, 0) is 12.1 Å². The lowest BCUT2D eigenvalue weighted by Crippen LogP contribution is -1.92. The molecule has 0 fully saturated rings. The van der Waals surface area contributed by atoms with Crippen LogP contribution in [-0.4, -0.2) is 8.42 Å². The topological polar surface area (TPSA) is 57.9 Å². The Labute approximate surface area is 97.3 Å². The molecular weight excluding hydrogens is 246 g/mol. The van der Waals surface area contributed by atoms with E-state index in [1.807, 2.05) is 6.07 Å². The summed E-state index contributed by atoms with van der Waals surface area (Å²) in [5.74, 6) is 0. The fourth-order valence-corrected chi connectivity index (χ4v) is 2.68. The maximum Gasteiger partial charge on any atom is 0.261 e. The number of fused-ring (bicyclic) bond motifs is 1. The molecule has 0 saturated carbocycles. The average molecular weight is 252 g/mol. The molecule has 80 valence electrons. The summed E-state index contributed by atoms with van der Waals surface area (Å²) in [5.41, 5.74) is 0.430. The minimum Gasteiger partial charge on any atom is -0.207 e. The number of rotatable bonds is 1. The molecule has 2 rings (SSSR count). The zero-order valence-electron chi connectivity index (χ0n) is 8.01. The third-order valence-electron chi connectivity index (χ3n) is 2.27. The third-order valence-corrected chi connectivity index (χ3v) is 3.65. The summed E-state index contributed by atoms with van der Waals surface area (Å²) in [6.07, 6.45) is 0. The van der Waals surface area contributed by atoms with Crippen LogP contribution in [0.15, 0.2) is 41.3 Å². The molecule has 0 aliphatic carbocycles. The number of hydrogen-bond donors (Lipinski definition) is 0. The van der Waals surface area contributed by atoms with Crippen molar-refractivity contribution in [1.82, 2.24) is 0 Å². The Balaban J connectivity index is 2.97. The van der Waals surface area contributed by atoms with Gasteiger partial charge in [-0.1, -0.05) is 24.3 Å². The molecule has 0 heterocycles. The Hall–Kier alpha value is -1.57. The Morgan fingerprint density at radius 2 is 1.69 bits per heavy atom. The van der Waals surface area contributed by atoms with Gasteiger partial charge >= 0.3 is 0 Å². The standard InChI is InChI=1S/C11H6ClNO2S/c12-16(14,15)11-6-2-4-9-8(7-13)3-1-5-10(9)11/h1-6H. The lowest BCUT2D eigenvalue weighted by molar-refractivity contribution is 0.610. The van der Waals surface area contributed by atoms with E-state index in [2.05, 4.69) is 0 Å². The van der Waals surface area contributed by atoms with Gasteiger partial charge < -0.3 is 0 Å². The molecule has 2 aromatic rings. The van der Waals surface area contributed by atoms with Gasteiger partial charge in [0.2, 0.25) is 0 Å². The van der Waals surface area contributed by atoms with Crippen LogP contribution in [0, 0.1) is 11.3 Å². The van der Waals surface area contributed by atoms with Crippen molar-refractivity contribution >= 4 is 30.5 Å². The molecule has 0 aliphatic rings. The lowest BCUT2D eigenvalue weighted by atomic mass is 10.1. The summed E-state index contributed by atoms with van der Waals surface area (Å²) >= 11 is 0. The van der Waals surface area contributed by atoms with Crippen LogP contribution in [0.3, 0.4) is 0 Å². The normalized spacial score (nSPS) is 11.2. The van der Waals surface area contributed by atoms with E-state index in [-0.39, 0.29) is 4.90 Å². The maximum absolute atomic E-state index is 11.3. The van der Waals surface area contributed by atoms with Crippen LogP contribution in [0.25, 0.3) is 10.8 Å². The number of halogens is 1. The largest absolute Gasteiger partial charge is 0.261 e. The summed E-state index contributed by atoms with van der Waals surface area (Å²) in [4.78, 5) is 0.0313. The smallest absolute Gasteiger partial charge is 0.207 e. The predicted octanol–water partition coefficient (Wildman–Crippen LogP) is 2.64. The molecule has 3 nitrogen and oxygen atoms in total. The summed E-state index contributed by atoms with van der Waals surface area (Å²) in [6, 6.07) is 11.6. The highest BCUT2D eigenvalue weighted by Gasteiger charge is 2.14. The van der Waals surface area contributed by atoms with E-state index in [9.17, 15) is 8.42 Å². The van der Waals surface area contributed by atoms with E-state index in [0.717, 1.165) is 0 Å². The SMILES string of the molecule is N#Cc1cccc2c(S(=O)(=O)Cl)cccc12. The van der Waals surface area contributed by atoms with Crippen molar-refractivity contribution in [2.45, 2.75) is 4.90 Å². The third kappa shape index (κ3) is 1.75. The molecule has 0 amide bonds. The molecule has 0 aliphatic heterocycles. The molecule has 5 heteroatoms. The minimum absolute atomic E-state index is 0.0313. The first-order valence-electron chi connectivity index (χ1n) is 4.40. The van der Waals surface area contributed by atoms with Gasteiger partial charge in [0.05, 0.1) is 16.5 Å². The van der Waals surface area contributed by atoms with Gasteiger partial charge in [-0.3, -0.25) is 0 Å². The van der Waals surface area contributed by atoms with E-state index in [1.165, 1.54) is 6.07 Å². The van der Waals surface area contributed by atoms with Crippen molar-refractivity contribution in [3.05, 3.63) is 42.0 Å². The van der Waals surface area contributed by atoms with Crippen LogP contribution in [0.1, 0.15) is 5.56 Å². The van der Waals surface area contributed by atoms with Crippen molar-refractivity contribution in [3.63, 3.8) is 0 Å². The van der Waals surface area contributed by atoms with Crippen molar-refractivity contribution in [2.75, 3.05) is 0 Å². The average Bonchev–Trinajstić information content (AvgIpc) is 2.26. The Bertz CT molecular complexity index is 701. The van der Waals surface area contributed by atoms with Crippen molar-refractivity contribution in [1.29, 1.82) is 5.26 Å². The van der Waals surface area contributed by atoms with Crippen LogP contribution in [-0.2, 0) is 9.05 Å². The van der Waals surface area contributed by atoms with Crippen molar-refractivity contribution in [3.8, 4) is 6.07 Å². The molecule has 2 aromatic carbocycles. The molecule has 0 aromatic heterocycles. The van der Waals surface area contributed by atoms with E-state index in [4.69, 9.17) is 15.9 Å². The van der Waals surface area contributed by atoms with Crippen LogP contribution in [0.4, 0.5) is 0 Å². The highest BCUT2D eigenvalue weighted by Crippen LogP contribution is 2.27. The first kappa shape index (κ1) is 10.9. The lowest BCUT2D eigenvalue weighted by Gasteiger charge is -2.03. The van der Waals surface area contributed by atoms with Gasteiger partial charge in [-0.15, -0.1) is 0 Å². The van der Waals surface area contributed by atoms with Gasteiger partial charge in [0, 0.05) is 21.5 Å². The van der Waals surface area contributed by atoms with Gasteiger partial charge in [0.15, 0.2) is 0 Å². The van der Waals surface area contributed by atoms with Crippen LogP contribution in [0.2, 0.25) is 0 Å². The molecule has 0 bridgehead atoms. The van der Waals surface area contributed by atoms with Gasteiger partial charge in [-0.25, -0.2) is 8.42 Å². The fourth-order valence-electron chi connectivity index (χ4n) is 1.59. The first-order valence-corrected chi connectivity index (χ1v) is 6.71. The Kier molecular flexibility index (Phi) is 2.58. The number of hydrogen-bond acceptors (Lipinski definition) is 3. The quantitative estimate of drug-likeness (QED) is 0.732. The molecule has 0 saturated heterocycles. The Morgan fingerprint density at radius 3 is 2.31 bits per heavy atom. The molecule has 0 unspecified atom stereocenters. The number of benzene rings is 2. The van der Waals surface area contributed by atoms with Gasteiger partial charge in [0.25, 0.3) is 9.05 Å². The van der Waals surface area contributed by atoms with E-state index >= 15 is 0 Å². The number of nitrogens with zero attached hydrogens (tertiary/aromatic N) is 1. The highest BCUT2D eigenvalue weighted by molar-refractivity contribution is 8.14. The van der Waals surface area contributed by atoms with Crippen LogP contribution in [0.5, 0.6) is 0 Å². The minimum atomic E-state index is -3.79. The zero-order chi connectivity index (χ0) is 11.8. The first-order chi connectivity index (χ1) is 7.54. The second kappa shape index (κ2) is 3.78. The highest BCUT2D eigenvalue weighted by atomic mass is 35.7. The van der Waals surface area contributed by atoms with Gasteiger partial charge in [0.1, 0.15) is 0 Å². The van der Waals surface area contributed by atoms with E-state index in [1.54, 1.807) is 30.3 Å². The monoisotopic (exact) mass is 251 g/mol. The molecule has 0 radical (unpaired) electrons.